The van der Waals surface area contributed by atoms with Gasteiger partial charge in [-0.05, 0) is 37.5 Å². The van der Waals surface area contributed by atoms with E-state index in [-0.39, 0.29) is 47.8 Å². The van der Waals surface area contributed by atoms with E-state index >= 15 is 0 Å². The van der Waals surface area contributed by atoms with Crippen molar-refractivity contribution in [3.8, 4) is 22.8 Å². The quantitative estimate of drug-likeness (QED) is 0.572. The smallest absolute Gasteiger partial charge is 0.395 e. The summed E-state index contributed by atoms with van der Waals surface area (Å²) in [6.07, 6.45) is -7.57. The lowest BCUT2D eigenvalue weighted by atomic mass is 9.38. The molecule has 0 atom stereocenters. The molecule has 4 aliphatic carbocycles. The van der Waals surface area contributed by atoms with Gasteiger partial charge in [-0.3, -0.25) is 9.53 Å². The highest BCUT2D eigenvalue weighted by Crippen LogP contribution is 2.68. The number of carbonyl (C=O) groups is 1. The fraction of sp³-hybridized carbons (Fsp3) is 0.545. The Morgan fingerprint density at radius 1 is 1.09 bits per heavy atom. The van der Waals surface area contributed by atoms with Gasteiger partial charge in [-0.15, -0.1) is 22.0 Å². The second-order valence-corrected chi connectivity index (χ2v) is 9.63. The molecular formula is C22H19F5N2O6. The lowest BCUT2D eigenvalue weighted by Crippen LogP contribution is -2.76. The number of hydrogen-bond donors (Lipinski definition) is 1. The molecule has 35 heavy (non-hydrogen) atoms. The SMILES string of the molecule is O=C(CO[C@H]1C[C@@H](OC(F)(F)F)C1)NC12CC(c3cc(-c4ccc5c(c4)OC(F)(F)O5)no3)(C1)C2. The molecule has 4 fully saturated rings. The highest BCUT2D eigenvalue weighted by Gasteiger charge is 2.71. The summed E-state index contributed by atoms with van der Waals surface area (Å²) in [4.78, 5) is 12.2. The zero-order valence-electron chi connectivity index (χ0n) is 18.0. The predicted octanol–water partition coefficient (Wildman–Crippen LogP) is 4.04. The third-order valence-corrected chi connectivity index (χ3v) is 6.97. The lowest BCUT2D eigenvalue weighted by Gasteiger charge is -2.69. The normalized spacial score (nSPS) is 31.8. The van der Waals surface area contributed by atoms with Crippen molar-refractivity contribution in [3.63, 3.8) is 0 Å². The minimum absolute atomic E-state index is 0.0599. The fourth-order valence-corrected chi connectivity index (χ4v) is 5.42. The number of hydrogen-bond acceptors (Lipinski definition) is 7. The number of halogens is 5. The zero-order chi connectivity index (χ0) is 24.6. The molecule has 4 saturated carbocycles. The Kier molecular flexibility index (Phi) is 4.69. The second-order valence-electron chi connectivity index (χ2n) is 9.63. The van der Waals surface area contributed by atoms with Crippen LogP contribution in [0.1, 0.15) is 37.9 Å². The van der Waals surface area contributed by atoms with Crippen LogP contribution >= 0.6 is 0 Å². The zero-order valence-corrected chi connectivity index (χ0v) is 18.0. The molecule has 188 valence electrons. The molecule has 0 spiro atoms. The van der Waals surface area contributed by atoms with Crippen LogP contribution in [0.15, 0.2) is 28.8 Å². The first-order chi connectivity index (χ1) is 16.4. The van der Waals surface area contributed by atoms with Gasteiger partial charge in [0, 0.05) is 35.4 Å². The maximum atomic E-state index is 13.2. The number of ether oxygens (including phenoxy) is 4. The number of rotatable bonds is 7. The van der Waals surface area contributed by atoms with Crippen molar-refractivity contribution in [2.24, 2.45) is 0 Å². The van der Waals surface area contributed by atoms with E-state index in [0.717, 1.165) is 0 Å². The fourth-order valence-electron chi connectivity index (χ4n) is 5.42. The van der Waals surface area contributed by atoms with E-state index in [2.05, 4.69) is 24.7 Å². The standard InChI is InChI=1S/C22H19F5N2O6/c23-21(24,25)32-13-4-12(5-13)31-7-18(30)28-20-8-19(9-20,10-20)17-6-14(29-35-17)11-1-2-15-16(3-11)34-22(26,27)33-15/h1-3,6,12-13H,4-5,7-10H2,(H,28,30)/t12-,13+,19?,20?. The molecule has 0 radical (unpaired) electrons. The van der Waals surface area contributed by atoms with Crippen LogP contribution in [-0.4, -0.2) is 48.1 Å². The van der Waals surface area contributed by atoms with Crippen molar-refractivity contribution < 1.29 is 50.2 Å². The summed E-state index contributed by atoms with van der Waals surface area (Å²) < 4.78 is 86.6. The van der Waals surface area contributed by atoms with Crippen molar-refractivity contribution in [1.82, 2.24) is 10.5 Å². The number of benzene rings is 1. The van der Waals surface area contributed by atoms with Gasteiger partial charge in [0.2, 0.25) is 5.91 Å². The van der Waals surface area contributed by atoms with E-state index in [4.69, 9.17) is 9.26 Å². The van der Waals surface area contributed by atoms with Crippen molar-refractivity contribution in [1.29, 1.82) is 0 Å². The van der Waals surface area contributed by atoms with E-state index in [1.807, 2.05) is 0 Å². The number of fused-ring (bicyclic) bond motifs is 1. The van der Waals surface area contributed by atoms with Crippen LogP contribution in [0.25, 0.3) is 11.3 Å². The molecule has 5 aliphatic rings. The topological polar surface area (TPSA) is 92.1 Å². The molecule has 8 nitrogen and oxygen atoms in total. The monoisotopic (exact) mass is 502 g/mol. The molecule has 7 rings (SSSR count). The molecule has 1 aromatic carbocycles. The molecule has 1 amide bonds. The minimum atomic E-state index is -4.67. The van der Waals surface area contributed by atoms with Gasteiger partial charge in [0.15, 0.2) is 11.5 Å². The molecule has 2 bridgehead atoms. The van der Waals surface area contributed by atoms with Gasteiger partial charge in [0.1, 0.15) is 18.1 Å². The molecular weight excluding hydrogens is 483 g/mol. The summed E-state index contributed by atoms with van der Waals surface area (Å²) in [5.41, 5.74) is 0.384. The highest BCUT2D eigenvalue weighted by atomic mass is 19.4. The van der Waals surface area contributed by atoms with E-state index < -0.39 is 24.9 Å². The van der Waals surface area contributed by atoms with Gasteiger partial charge in [-0.1, -0.05) is 5.16 Å². The van der Waals surface area contributed by atoms with Crippen LogP contribution in [0.3, 0.4) is 0 Å². The van der Waals surface area contributed by atoms with E-state index in [1.54, 1.807) is 12.1 Å². The van der Waals surface area contributed by atoms with Gasteiger partial charge >= 0.3 is 12.7 Å². The summed E-state index contributed by atoms with van der Waals surface area (Å²) in [5.74, 6) is 0.175. The largest absolute Gasteiger partial charge is 0.586 e. The van der Waals surface area contributed by atoms with Crippen molar-refractivity contribution in [2.45, 2.75) is 67.9 Å². The Hall–Kier alpha value is -2.93. The molecule has 2 aromatic rings. The number of nitrogens with one attached hydrogen (secondary N) is 1. The molecule has 1 aliphatic heterocycles. The molecule has 0 unspecified atom stereocenters. The number of alkyl halides is 5. The van der Waals surface area contributed by atoms with E-state index in [9.17, 15) is 26.7 Å². The van der Waals surface area contributed by atoms with Crippen molar-refractivity contribution in [2.75, 3.05) is 6.61 Å². The molecule has 0 saturated heterocycles. The summed E-state index contributed by atoms with van der Waals surface area (Å²) >= 11 is 0. The van der Waals surface area contributed by atoms with Crippen molar-refractivity contribution >= 4 is 5.91 Å². The van der Waals surface area contributed by atoms with Crippen molar-refractivity contribution in [3.05, 3.63) is 30.0 Å². The Bertz CT molecular complexity index is 1160. The average molecular weight is 502 g/mol. The maximum Gasteiger partial charge on any atom is 0.586 e. The van der Waals surface area contributed by atoms with E-state index in [0.29, 0.717) is 36.3 Å². The van der Waals surface area contributed by atoms with Crippen LogP contribution in [0, 0.1) is 0 Å². The lowest BCUT2D eigenvalue weighted by molar-refractivity contribution is -0.357. The van der Waals surface area contributed by atoms with Gasteiger partial charge < -0.3 is 24.1 Å². The molecule has 1 aromatic heterocycles. The van der Waals surface area contributed by atoms with Crippen LogP contribution in [0.5, 0.6) is 11.5 Å². The summed E-state index contributed by atoms with van der Waals surface area (Å²) in [6.45, 7) is -0.228. The van der Waals surface area contributed by atoms with Gasteiger partial charge in [-0.25, -0.2) is 0 Å². The van der Waals surface area contributed by atoms with Gasteiger partial charge in [0.05, 0.1) is 12.2 Å². The third-order valence-electron chi connectivity index (χ3n) is 6.97. The maximum absolute atomic E-state index is 13.2. The number of carbonyl (C=O) groups excluding carboxylic acids is 1. The average Bonchev–Trinajstić information content (AvgIpc) is 3.26. The van der Waals surface area contributed by atoms with E-state index in [1.165, 1.54) is 12.1 Å². The van der Waals surface area contributed by atoms with Crippen LogP contribution in [0.2, 0.25) is 0 Å². The Morgan fingerprint density at radius 2 is 1.80 bits per heavy atom. The summed E-state index contributed by atoms with van der Waals surface area (Å²) in [6, 6.07) is 6.11. The highest BCUT2D eigenvalue weighted by molar-refractivity contribution is 5.79. The summed E-state index contributed by atoms with van der Waals surface area (Å²) in [5, 5.41) is 6.99. The van der Waals surface area contributed by atoms with Crippen LogP contribution < -0.4 is 14.8 Å². The first-order valence-corrected chi connectivity index (χ1v) is 11.0. The summed E-state index contributed by atoms with van der Waals surface area (Å²) in [7, 11) is 0. The first-order valence-electron chi connectivity index (χ1n) is 11.0. The number of aromatic nitrogens is 1. The van der Waals surface area contributed by atoms with Crippen LogP contribution in [-0.2, 0) is 19.7 Å². The minimum Gasteiger partial charge on any atom is -0.395 e. The van der Waals surface area contributed by atoms with Gasteiger partial charge in [-0.2, -0.15) is 0 Å². The molecule has 2 heterocycles. The Morgan fingerprint density at radius 3 is 2.51 bits per heavy atom. The predicted molar refractivity (Wildman–Crippen MR) is 104 cm³/mol. The van der Waals surface area contributed by atoms with Gasteiger partial charge in [0.25, 0.3) is 0 Å². The second kappa shape index (κ2) is 7.29. The number of nitrogens with zero attached hydrogens (tertiary/aromatic N) is 1. The Balaban J connectivity index is 0.984. The first kappa shape index (κ1) is 22.5. The molecule has 13 heteroatoms. The van der Waals surface area contributed by atoms with Crippen LogP contribution in [0.4, 0.5) is 22.0 Å². The number of amides is 1. The third kappa shape index (κ3) is 4.10. The Labute approximate surface area is 194 Å². The molecule has 1 N–H and O–H groups in total.